The maximum absolute atomic E-state index is 2.91. The van der Waals surface area contributed by atoms with Gasteiger partial charge in [-0.3, -0.25) is 0 Å². The Morgan fingerprint density at radius 1 is 0.253 bits per heavy atom. The fourth-order valence-electron chi connectivity index (χ4n) is 28.1. The number of para-hydroxylation sites is 1. The molecule has 9 aliphatic rings. The van der Waals surface area contributed by atoms with Crippen molar-refractivity contribution in [2.45, 2.75) is 351 Å². The van der Waals surface area contributed by atoms with Gasteiger partial charge in [-0.2, -0.15) is 0 Å². The monoisotopic (exact) mass is 1920 g/mol. The minimum atomic E-state index is -0.0712. The fourth-order valence-corrected chi connectivity index (χ4v) is 28.1. The van der Waals surface area contributed by atoms with Gasteiger partial charge in [0.15, 0.2) is 0 Å². The Labute approximate surface area is 877 Å². The summed E-state index contributed by atoms with van der Waals surface area (Å²) >= 11 is 0. The molecule has 6 aliphatic heterocycles. The maximum Gasteiger partial charge on any atom is 0.252 e. The molecule has 3 aliphatic carbocycles. The van der Waals surface area contributed by atoms with Crippen LogP contribution in [0.3, 0.4) is 0 Å². The average Bonchev–Trinajstić information content (AvgIpc) is 1.48. The molecule has 4 unspecified atom stereocenters. The van der Waals surface area contributed by atoms with E-state index in [1.807, 2.05) is 0 Å². The quantitative estimate of drug-likeness (QED) is 0.126. The predicted octanol–water partition coefficient (Wildman–Crippen LogP) is 34.3. The van der Waals surface area contributed by atoms with Crippen LogP contribution in [-0.4, -0.2) is 24.5 Å². The summed E-state index contributed by atoms with van der Waals surface area (Å²) in [5, 5.41) is 0. The van der Waals surface area contributed by atoms with Gasteiger partial charge in [-0.1, -0.05) is 350 Å². The SMILES string of the molecule is Cc1cc2c3c(c1)N1c4c(cc(C(C)(C)C)cc4C4(C)CCCCC14C)B3c1ccc(N(c3ccc(C(C)(C)C)cc3C)c3ccc(C(C)(C)C)cc3C)cc1N2c1cc2c(cc1-c1ccccc1)C(C)(C)CCC2(C)C.Cc1cc2c3c(c1)N1c4c(cccc4C4(C)CCCCC14C)B3c1ccc(N(c3ccc(C(C)(C)C)cc3C)c3ccc(C(C)(C)C)cc3C)cc1N2c1ccc(C(C)(C)C)cc1-c1ccccc1. The summed E-state index contributed by atoms with van der Waals surface area (Å²) in [5.41, 5.74) is 56.0. The lowest BCUT2D eigenvalue weighted by molar-refractivity contribution is 0.195. The molecule has 0 saturated heterocycles. The lowest BCUT2D eigenvalue weighted by atomic mass is 9.33. The zero-order chi connectivity index (χ0) is 104. The highest BCUT2D eigenvalue weighted by Crippen LogP contribution is 2.66. The van der Waals surface area contributed by atoms with Gasteiger partial charge < -0.3 is 29.4 Å². The molecule has 8 heteroatoms. The molecule has 146 heavy (non-hydrogen) atoms. The van der Waals surface area contributed by atoms with Crippen LogP contribution in [0.4, 0.5) is 91.0 Å². The molecule has 0 bridgehead atoms. The molecule has 0 amide bonds. The van der Waals surface area contributed by atoms with Crippen molar-refractivity contribution in [3.05, 3.63) is 344 Å². The van der Waals surface area contributed by atoms with Crippen LogP contribution in [0, 0.1) is 41.5 Å². The molecule has 0 radical (unpaired) electrons. The first kappa shape index (κ1) is 98.7. The highest BCUT2D eigenvalue weighted by atomic mass is 15.3. The second-order valence-electron chi connectivity index (χ2n) is 54.3. The van der Waals surface area contributed by atoms with Crippen molar-refractivity contribution in [2.24, 2.45) is 0 Å². The van der Waals surface area contributed by atoms with E-state index in [1.54, 1.807) is 5.56 Å². The van der Waals surface area contributed by atoms with Crippen LogP contribution in [0.2, 0.25) is 0 Å². The summed E-state index contributed by atoms with van der Waals surface area (Å²) in [4.78, 5) is 16.3. The maximum atomic E-state index is 2.91. The predicted molar refractivity (Wildman–Crippen MR) is 633 cm³/mol. The first-order valence-electron chi connectivity index (χ1n) is 55.2. The molecule has 6 heterocycles. The molecule has 23 rings (SSSR count). The number of rotatable bonds is 10. The Kier molecular flexibility index (Phi) is 22.8. The molecule has 14 aromatic rings. The number of benzene rings is 14. The van der Waals surface area contributed by atoms with Crippen molar-refractivity contribution in [3.63, 3.8) is 0 Å². The molecule has 2 saturated carbocycles. The van der Waals surface area contributed by atoms with Crippen LogP contribution >= 0.6 is 0 Å². The lowest BCUT2D eigenvalue weighted by Crippen LogP contribution is -2.64. The van der Waals surface area contributed by atoms with E-state index < -0.39 is 0 Å². The fraction of sp³-hybridized carbons (Fsp3) is 0.391. The Hall–Kier alpha value is -12.0. The third kappa shape index (κ3) is 15.4. The summed E-state index contributed by atoms with van der Waals surface area (Å²) in [7, 11) is 0. The smallest absolute Gasteiger partial charge is 0.252 e. The first-order chi connectivity index (χ1) is 68.6. The molecule has 6 nitrogen and oxygen atoms in total. The van der Waals surface area contributed by atoms with Gasteiger partial charge in [0, 0.05) is 102 Å². The van der Waals surface area contributed by atoms with Gasteiger partial charge in [0.1, 0.15) is 0 Å². The van der Waals surface area contributed by atoms with Gasteiger partial charge in [-0.25, -0.2) is 0 Å². The largest absolute Gasteiger partial charge is 0.335 e. The molecular weight excluding hydrogens is 1760 g/mol. The number of aryl methyl sites for hydroxylation is 6. The third-order valence-corrected chi connectivity index (χ3v) is 37.3. The van der Waals surface area contributed by atoms with E-state index in [0.717, 1.165) is 18.5 Å². The standard InChI is InChI=1S/C73H86BN3.C65H72BN3/c1-45-36-63-65-64(37-45)77-66-56(72(17)32-22-23-33-73(72,77)18)40-51(69(10,11)12)41-58(66)74(65)57-29-28-52(75(59-30-26-49(38-46(59)2)67(4,5)6)60-31-27-50(39-47(60)3)68(7,8)9)42-62(57)76(63)61-44-55-54(70(13,14)34-35-71(55,15)16)43-53(61)48-24-20-19-21-25-48;1-41-35-57-59-58(36-41)69-60-50(64(13)33-18-19-34-65(64,69)14)23-20-24-52(60)66(59)51-29-28-48(40-56(51)68(57)55-32-27-47(63(10,11)12)39-49(55)44-21-16-15-17-22-44)67(53-30-25-45(37-42(53)2)61(4,5)6)54-31-26-46(38-43(54)3)62(7,8)9/h19-21,24-31,36-44H,22-23,32-35H2,1-18H3;15-17,20-32,35-40H,18-19,33-34H2,1-14H3. The van der Waals surface area contributed by atoms with Crippen molar-refractivity contribution >= 4 is 137 Å². The van der Waals surface area contributed by atoms with Crippen LogP contribution < -0.4 is 62.2 Å². The highest BCUT2D eigenvalue weighted by Gasteiger charge is 2.64. The van der Waals surface area contributed by atoms with E-state index in [9.17, 15) is 0 Å². The number of fused-ring (bicyclic) bond motifs is 15. The number of hydrogen-bond donors (Lipinski definition) is 0. The van der Waals surface area contributed by atoms with E-state index in [1.165, 1.54) is 275 Å². The van der Waals surface area contributed by atoms with Gasteiger partial charge in [0.2, 0.25) is 0 Å². The number of anilines is 16. The number of nitrogens with zero attached hydrogens (tertiary/aromatic N) is 6. The summed E-state index contributed by atoms with van der Waals surface area (Å²) in [6.45, 7) is 76.6. The lowest BCUT2D eigenvalue weighted by Gasteiger charge is -2.53. The molecule has 0 spiro atoms. The van der Waals surface area contributed by atoms with Gasteiger partial charge >= 0.3 is 0 Å². The van der Waals surface area contributed by atoms with Crippen molar-refractivity contribution in [1.82, 2.24) is 0 Å². The molecular formula is C138H158B2N6. The molecule has 14 aromatic carbocycles. The molecule has 4 atom stereocenters. The summed E-state index contributed by atoms with van der Waals surface area (Å²) in [5.74, 6) is 0. The average molecular weight is 1920 g/mol. The second-order valence-corrected chi connectivity index (χ2v) is 54.3. The van der Waals surface area contributed by atoms with Crippen molar-refractivity contribution in [2.75, 3.05) is 29.4 Å². The molecule has 0 N–H and O–H groups in total. The Morgan fingerprint density at radius 3 is 1.02 bits per heavy atom. The van der Waals surface area contributed by atoms with E-state index >= 15 is 0 Å². The Balaban J connectivity index is 0.000000167. The minimum absolute atomic E-state index is 0.00240. The minimum Gasteiger partial charge on any atom is -0.335 e. The van der Waals surface area contributed by atoms with Crippen LogP contribution in [0.25, 0.3) is 22.3 Å². The summed E-state index contributed by atoms with van der Waals surface area (Å²) < 4.78 is 0. The van der Waals surface area contributed by atoms with Gasteiger partial charge in [0.25, 0.3) is 13.4 Å². The zero-order valence-electron chi connectivity index (χ0n) is 94.2. The van der Waals surface area contributed by atoms with Crippen molar-refractivity contribution in [3.8, 4) is 22.3 Å². The normalized spacial score (nSPS) is 20.1. The Bertz CT molecular complexity index is 7560. The topological polar surface area (TPSA) is 19.4 Å². The third-order valence-electron chi connectivity index (χ3n) is 37.3. The highest BCUT2D eigenvalue weighted by molar-refractivity contribution is 7.01. The summed E-state index contributed by atoms with van der Waals surface area (Å²) in [6.07, 6.45) is 12.1. The molecule has 2 fully saturated rings. The van der Waals surface area contributed by atoms with E-state index in [2.05, 4.69) is 506 Å². The van der Waals surface area contributed by atoms with E-state index in [4.69, 9.17) is 0 Å². The van der Waals surface area contributed by atoms with Crippen LogP contribution in [0.15, 0.2) is 255 Å². The Morgan fingerprint density at radius 2 is 0.610 bits per heavy atom. The molecule has 0 aromatic heterocycles. The van der Waals surface area contributed by atoms with Crippen LogP contribution in [-0.2, 0) is 54.1 Å². The van der Waals surface area contributed by atoms with Gasteiger partial charge in [-0.15, -0.1) is 0 Å². The van der Waals surface area contributed by atoms with Gasteiger partial charge in [-0.05, 0) is 367 Å². The number of hydrogen-bond acceptors (Lipinski definition) is 6. The van der Waals surface area contributed by atoms with Crippen molar-refractivity contribution in [1.29, 1.82) is 0 Å². The first-order valence-corrected chi connectivity index (χ1v) is 55.2. The van der Waals surface area contributed by atoms with E-state index in [0.29, 0.717) is 0 Å². The zero-order valence-corrected chi connectivity index (χ0v) is 94.2. The van der Waals surface area contributed by atoms with Crippen LogP contribution in [0.5, 0.6) is 0 Å². The van der Waals surface area contributed by atoms with Crippen molar-refractivity contribution < 1.29 is 0 Å². The summed E-state index contributed by atoms with van der Waals surface area (Å²) in [6, 6.07) is 102. The van der Waals surface area contributed by atoms with E-state index in [-0.39, 0.29) is 78.7 Å². The van der Waals surface area contributed by atoms with Gasteiger partial charge in [0.05, 0.1) is 22.5 Å². The second kappa shape index (κ2) is 33.8. The molecule has 746 valence electrons. The van der Waals surface area contributed by atoms with Crippen LogP contribution in [0.1, 0.15) is 333 Å².